The monoisotopic (exact) mass is 356 g/mol. The number of hydrogen-bond donors (Lipinski definition) is 1. The van der Waals surface area contributed by atoms with Crippen LogP contribution in [0.3, 0.4) is 0 Å². The van der Waals surface area contributed by atoms with Crippen molar-refractivity contribution in [3.8, 4) is 17.1 Å². The van der Waals surface area contributed by atoms with Crippen molar-refractivity contribution in [2.24, 2.45) is 0 Å². The quantitative estimate of drug-likeness (QED) is 0.540. The van der Waals surface area contributed by atoms with Crippen LogP contribution in [0.4, 0.5) is 0 Å². The lowest BCUT2D eigenvalue weighted by Gasteiger charge is -2.11. The predicted molar refractivity (Wildman–Crippen MR) is 104 cm³/mol. The van der Waals surface area contributed by atoms with Gasteiger partial charge in [-0.05, 0) is 31.2 Å². The molecule has 0 bridgehead atoms. The van der Waals surface area contributed by atoms with Crippen LogP contribution in [0.15, 0.2) is 82.0 Å². The van der Waals surface area contributed by atoms with Crippen molar-refractivity contribution in [1.29, 1.82) is 0 Å². The number of phenolic OH excluding ortho intramolecular Hbond substituents is 1. The third kappa shape index (κ3) is 2.91. The van der Waals surface area contributed by atoms with Crippen LogP contribution in [0, 0.1) is 6.92 Å². The Kier molecular flexibility index (Phi) is 4.09. The first kappa shape index (κ1) is 16.8. The van der Waals surface area contributed by atoms with E-state index in [1.807, 2.05) is 13.0 Å². The minimum atomic E-state index is -0.439. The summed E-state index contributed by atoms with van der Waals surface area (Å²) < 4.78 is 5.96. The minimum Gasteiger partial charge on any atom is -0.507 e. The van der Waals surface area contributed by atoms with Gasteiger partial charge in [-0.25, -0.2) is 0 Å². The molecule has 4 rings (SSSR count). The number of para-hydroxylation sites is 1. The number of aromatic hydroxyl groups is 1. The van der Waals surface area contributed by atoms with E-state index in [-0.39, 0.29) is 17.1 Å². The molecule has 0 amide bonds. The van der Waals surface area contributed by atoms with Gasteiger partial charge in [-0.15, -0.1) is 0 Å². The van der Waals surface area contributed by atoms with E-state index < -0.39 is 11.2 Å². The Balaban J connectivity index is 2.10. The zero-order valence-corrected chi connectivity index (χ0v) is 14.6. The second-order valence-electron chi connectivity index (χ2n) is 6.35. The zero-order chi connectivity index (χ0) is 19.0. The van der Waals surface area contributed by atoms with E-state index >= 15 is 0 Å². The van der Waals surface area contributed by atoms with Gasteiger partial charge in [0.1, 0.15) is 16.9 Å². The Hall–Kier alpha value is -3.66. The van der Waals surface area contributed by atoms with Crippen LogP contribution >= 0.6 is 0 Å². The summed E-state index contributed by atoms with van der Waals surface area (Å²) in [7, 11) is 0. The summed E-state index contributed by atoms with van der Waals surface area (Å²) >= 11 is 0. The summed E-state index contributed by atoms with van der Waals surface area (Å²) in [5.74, 6) is -0.427. The molecule has 4 aromatic rings. The maximum absolute atomic E-state index is 13.2. The molecule has 0 aliphatic carbocycles. The highest BCUT2D eigenvalue weighted by Gasteiger charge is 2.24. The van der Waals surface area contributed by atoms with Crippen molar-refractivity contribution in [1.82, 2.24) is 0 Å². The topological polar surface area (TPSA) is 67.5 Å². The summed E-state index contributed by atoms with van der Waals surface area (Å²) in [6.07, 6.45) is 0. The number of hydrogen-bond acceptors (Lipinski definition) is 4. The van der Waals surface area contributed by atoms with Gasteiger partial charge in [-0.3, -0.25) is 9.59 Å². The van der Waals surface area contributed by atoms with E-state index in [1.54, 1.807) is 60.7 Å². The van der Waals surface area contributed by atoms with Crippen LogP contribution < -0.4 is 5.43 Å². The molecule has 0 radical (unpaired) electrons. The molecule has 0 saturated carbocycles. The van der Waals surface area contributed by atoms with Crippen LogP contribution in [0.25, 0.3) is 22.3 Å². The van der Waals surface area contributed by atoms with E-state index in [9.17, 15) is 14.7 Å². The fourth-order valence-corrected chi connectivity index (χ4v) is 3.10. The van der Waals surface area contributed by atoms with E-state index in [4.69, 9.17) is 4.42 Å². The minimum absolute atomic E-state index is 0.0609. The lowest BCUT2D eigenvalue weighted by atomic mass is 9.96. The van der Waals surface area contributed by atoms with Gasteiger partial charge < -0.3 is 9.52 Å². The van der Waals surface area contributed by atoms with Crippen molar-refractivity contribution in [3.05, 3.63) is 99.7 Å². The maximum atomic E-state index is 13.2. The summed E-state index contributed by atoms with van der Waals surface area (Å²) in [5.41, 5.74) is 1.45. The van der Waals surface area contributed by atoms with Gasteiger partial charge in [0, 0.05) is 5.56 Å². The number of carbonyl (C=O) groups excluding carboxylic acids is 1. The van der Waals surface area contributed by atoms with E-state index in [0.717, 1.165) is 5.56 Å². The van der Waals surface area contributed by atoms with Crippen LogP contribution in [0.1, 0.15) is 21.5 Å². The number of phenols is 1. The van der Waals surface area contributed by atoms with Crippen molar-refractivity contribution in [2.45, 2.75) is 6.92 Å². The normalized spacial score (nSPS) is 10.9. The Morgan fingerprint density at radius 3 is 2.37 bits per heavy atom. The van der Waals surface area contributed by atoms with Gasteiger partial charge >= 0.3 is 0 Å². The van der Waals surface area contributed by atoms with E-state index in [2.05, 4.69) is 0 Å². The number of fused-ring (bicyclic) bond motifs is 1. The molecule has 1 aromatic heterocycles. The molecular formula is C23H16O4. The SMILES string of the molecule is Cc1ccc2oc(-c3ccccc3O)c(C(=O)c3ccccc3)c(=O)c2c1. The first-order valence-electron chi connectivity index (χ1n) is 8.52. The molecule has 0 atom stereocenters. The highest BCUT2D eigenvalue weighted by Crippen LogP contribution is 2.33. The smallest absolute Gasteiger partial charge is 0.204 e. The van der Waals surface area contributed by atoms with Gasteiger partial charge in [-0.1, -0.05) is 54.1 Å². The number of aryl methyl sites for hydroxylation is 1. The summed E-state index contributed by atoms with van der Waals surface area (Å²) in [5, 5.41) is 10.6. The standard InChI is InChI=1S/C23H16O4/c1-14-11-12-19-17(13-14)22(26)20(21(25)15-7-3-2-4-8-15)23(27-19)16-9-5-6-10-18(16)24/h2-13,24H,1H3. The fraction of sp³-hybridized carbons (Fsp3) is 0.0435. The highest BCUT2D eigenvalue weighted by molar-refractivity contribution is 6.13. The van der Waals surface area contributed by atoms with Gasteiger partial charge in [0.15, 0.2) is 5.76 Å². The van der Waals surface area contributed by atoms with E-state index in [1.165, 1.54) is 6.07 Å². The molecule has 1 N–H and O–H groups in total. The molecule has 0 fully saturated rings. The second-order valence-corrected chi connectivity index (χ2v) is 6.35. The highest BCUT2D eigenvalue weighted by atomic mass is 16.3. The predicted octanol–water partition coefficient (Wildman–Crippen LogP) is 4.71. The van der Waals surface area contributed by atoms with E-state index in [0.29, 0.717) is 22.1 Å². The van der Waals surface area contributed by atoms with Crippen LogP contribution in [0.2, 0.25) is 0 Å². The zero-order valence-electron chi connectivity index (χ0n) is 14.6. The van der Waals surface area contributed by atoms with Crippen molar-refractivity contribution < 1.29 is 14.3 Å². The number of carbonyl (C=O) groups is 1. The maximum Gasteiger partial charge on any atom is 0.204 e. The Morgan fingerprint density at radius 1 is 0.926 bits per heavy atom. The number of rotatable bonds is 3. The lowest BCUT2D eigenvalue weighted by molar-refractivity contribution is 0.103. The molecule has 132 valence electrons. The third-order valence-electron chi connectivity index (χ3n) is 4.46. The first-order valence-corrected chi connectivity index (χ1v) is 8.52. The Labute approximate surface area is 155 Å². The van der Waals surface area contributed by atoms with Crippen molar-refractivity contribution >= 4 is 16.8 Å². The van der Waals surface area contributed by atoms with Gasteiger partial charge in [0.25, 0.3) is 0 Å². The molecule has 0 aliphatic heterocycles. The second kappa shape index (κ2) is 6.57. The lowest BCUT2D eigenvalue weighted by Crippen LogP contribution is -2.18. The van der Waals surface area contributed by atoms with Gasteiger partial charge in [0.2, 0.25) is 11.2 Å². The molecule has 1 heterocycles. The van der Waals surface area contributed by atoms with Crippen LogP contribution in [0.5, 0.6) is 5.75 Å². The van der Waals surface area contributed by atoms with Crippen LogP contribution in [-0.4, -0.2) is 10.9 Å². The van der Waals surface area contributed by atoms with Crippen LogP contribution in [-0.2, 0) is 0 Å². The summed E-state index contributed by atoms with van der Waals surface area (Å²) in [4.78, 5) is 26.4. The molecule has 4 nitrogen and oxygen atoms in total. The molecule has 3 aromatic carbocycles. The number of ketones is 1. The molecule has 0 saturated heterocycles. The third-order valence-corrected chi connectivity index (χ3v) is 4.46. The molecule has 27 heavy (non-hydrogen) atoms. The molecule has 0 aliphatic rings. The average molecular weight is 356 g/mol. The Bertz CT molecular complexity index is 1220. The molecule has 0 unspecified atom stereocenters. The molecule has 0 spiro atoms. The average Bonchev–Trinajstić information content (AvgIpc) is 2.69. The van der Waals surface area contributed by atoms with Gasteiger partial charge in [-0.2, -0.15) is 0 Å². The summed E-state index contributed by atoms with van der Waals surface area (Å²) in [6.45, 7) is 1.87. The number of benzene rings is 3. The molecule has 4 heteroatoms. The van der Waals surface area contributed by atoms with Gasteiger partial charge in [0.05, 0.1) is 10.9 Å². The largest absolute Gasteiger partial charge is 0.507 e. The van der Waals surface area contributed by atoms with Crippen molar-refractivity contribution in [3.63, 3.8) is 0 Å². The summed E-state index contributed by atoms with van der Waals surface area (Å²) in [6, 6.07) is 20.3. The first-order chi connectivity index (χ1) is 13.1. The van der Waals surface area contributed by atoms with Crippen molar-refractivity contribution in [2.75, 3.05) is 0 Å². The fourth-order valence-electron chi connectivity index (χ4n) is 3.10. The molecular weight excluding hydrogens is 340 g/mol. The Morgan fingerprint density at radius 2 is 1.63 bits per heavy atom.